The van der Waals surface area contributed by atoms with E-state index < -0.39 is 18.2 Å². The van der Waals surface area contributed by atoms with E-state index in [9.17, 15) is 18.3 Å². The molecule has 0 spiro atoms. The van der Waals surface area contributed by atoms with Crippen molar-refractivity contribution < 1.29 is 23.0 Å². The van der Waals surface area contributed by atoms with Crippen LogP contribution in [-0.2, 0) is 5.60 Å². The fourth-order valence-corrected chi connectivity index (χ4v) is 1.47. The molecule has 1 aromatic carbocycles. The van der Waals surface area contributed by atoms with Crippen molar-refractivity contribution in [3.05, 3.63) is 42.5 Å². The van der Waals surface area contributed by atoms with Gasteiger partial charge in [0.05, 0.1) is 7.11 Å². The van der Waals surface area contributed by atoms with Crippen LogP contribution in [-0.4, -0.2) is 18.4 Å². The lowest BCUT2D eigenvalue weighted by Crippen LogP contribution is -2.41. The third-order valence-electron chi connectivity index (χ3n) is 2.48. The van der Waals surface area contributed by atoms with Crippen molar-refractivity contribution in [2.24, 2.45) is 0 Å². The van der Waals surface area contributed by atoms with Gasteiger partial charge in [0.15, 0.2) is 5.60 Å². The molecule has 1 atom stereocenters. The van der Waals surface area contributed by atoms with E-state index in [1.165, 1.54) is 31.4 Å². The van der Waals surface area contributed by atoms with Gasteiger partial charge in [-0.15, -0.1) is 6.58 Å². The highest BCUT2D eigenvalue weighted by Gasteiger charge is 2.53. The van der Waals surface area contributed by atoms with Crippen molar-refractivity contribution in [2.45, 2.75) is 18.2 Å². The summed E-state index contributed by atoms with van der Waals surface area (Å²) < 4.78 is 43.3. The normalized spacial score (nSPS) is 15.1. The number of methoxy groups -OCH3 is 1. The fourth-order valence-electron chi connectivity index (χ4n) is 1.47. The highest BCUT2D eigenvalue weighted by molar-refractivity contribution is 5.32. The standard InChI is InChI=1S/C12H13F3O2/c1-3-8-11(16,12(13,14)15)9-4-6-10(17-2)7-5-9/h3-7,16H,1,8H2,2H3. The van der Waals surface area contributed by atoms with Crippen molar-refractivity contribution in [2.75, 3.05) is 7.11 Å². The van der Waals surface area contributed by atoms with Crippen LogP contribution in [0.2, 0.25) is 0 Å². The van der Waals surface area contributed by atoms with Crippen LogP contribution >= 0.6 is 0 Å². The number of ether oxygens (including phenoxy) is 1. The third-order valence-corrected chi connectivity index (χ3v) is 2.48. The Kier molecular flexibility index (Phi) is 3.83. The molecule has 0 radical (unpaired) electrons. The quantitative estimate of drug-likeness (QED) is 0.827. The van der Waals surface area contributed by atoms with Crippen LogP contribution in [0.5, 0.6) is 5.75 Å². The lowest BCUT2D eigenvalue weighted by Gasteiger charge is -2.30. The molecule has 1 N–H and O–H groups in total. The molecule has 1 rings (SSSR count). The largest absolute Gasteiger partial charge is 0.497 e. The Balaban J connectivity index is 3.18. The van der Waals surface area contributed by atoms with E-state index >= 15 is 0 Å². The number of hydrogen-bond donors (Lipinski definition) is 1. The highest BCUT2D eigenvalue weighted by Crippen LogP contribution is 2.42. The SMILES string of the molecule is C=CCC(O)(c1ccc(OC)cc1)C(F)(F)F. The molecule has 0 bridgehead atoms. The minimum atomic E-state index is -4.75. The summed E-state index contributed by atoms with van der Waals surface area (Å²) in [5, 5.41) is 9.75. The molecule has 0 amide bonds. The Morgan fingerprint density at radius 3 is 2.18 bits per heavy atom. The van der Waals surface area contributed by atoms with Crippen LogP contribution in [0.15, 0.2) is 36.9 Å². The first-order valence-corrected chi connectivity index (χ1v) is 4.89. The molecule has 1 unspecified atom stereocenters. The Bertz CT molecular complexity index is 384. The molecule has 5 heteroatoms. The number of benzene rings is 1. The van der Waals surface area contributed by atoms with Crippen LogP contribution in [0.25, 0.3) is 0 Å². The van der Waals surface area contributed by atoms with Crippen molar-refractivity contribution in [3.8, 4) is 5.75 Å². The zero-order valence-electron chi connectivity index (χ0n) is 9.29. The Morgan fingerprint density at radius 2 is 1.82 bits per heavy atom. The highest BCUT2D eigenvalue weighted by atomic mass is 19.4. The van der Waals surface area contributed by atoms with E-state index in [-0.39, 0.29) is 5.56 Å². The smallest absolute Gasteiger partial charge is 0.421 e. The summed E-state index contributed by atoms with van der Waals surface area (Å²) in [6.45, 7) is 3.23. The van der Waals surface area contributed by atoms with E-state index in [1.54, 1.807) is 0 Å². The molecule has 94 valence electrons. The minimum Gasteiger partial charge on any atom is -0.497 e. The summed E-state index contributed by atoms with van der Waals surface area (Å²) in [6, 6.07) is 5.12. The van der Waals surface area contributed by atoms with Gasteiger partial charge in [-0.1, -0.05) is 18.2 Å². The lowest BCUT2D eigenvalue weighted by atomic mass is 9.90. The molecule has 0 aliphatic carbocycles. The Labute approximate surface area is 97.3 Å². The van der Waals surface area contributed by atoms with Gasteiger partial charge >= 0.3 is 6.18 Å². The maximum Gasteiger partial charge on any atom is 0.421 e. The predicted molar refractivity (Wildman–Crippen MR) is 57.8 cm³/mol. The average Bonchev–Trinajstić information content (AvgIpc) is 2.28. The van der Waals surface area contributed by atoms with Gasteiger partial charge in [-0.25, -0.2) is 0 Å². The first-order chi connectivity index (χ1) is 7.85. The molecule has 0 aromatic heterocycles. The monoisotopic (exact) mass is 246 g/mol. The summed E-state index contributed by atoms with van der Waals surface area (Å²) >= 11 is 0. The van der Waals surface area contributed by atoms with E-state index in [0.717, 1.165) is 6.08 Å². The molecular weight excluding hydrogens is 233 g/mol. The van der Waals surface area contributed by atoms with Crippen molar-refractivity contribution in [1.82, 2.24) is 0 Å². The molecule has 17 heavy (non-hydrogen) atoms. The van der Waals surface area contributed by atoms with Crippen LogP contribution in [0.1, 0.15) is 12.0 Å². The predicted octanol–water partition coefficient (Wildman–Crippen LogP) is 3.02. The van der Waals surface area contributed by atoms with Crippen LogP contribution in [0, 0.1) is 0 Å². The van der Waals surface area contributed by atoms with E-state index in [1.807, 2.05) is 0 Å². The molecule has 2 nitrogen and oxygen atoms in total. The molecule has 0 aliphatic rings. The second kappa shape index (κ2) is 4.79. The van der Waals surface area contributed by atoms with Gasteiger partial charge in [0.2, 0.25) is 0 Å². The maximum atomic E-state index is 12.8. The van der Waals surface area contributed by atoms with Crippen molar-refractivity contribution >= 4 is 0 Å². The fraction of sp³-hybridized carbons (Fsp3) is 0.333. The van der Waals surface area contributed by atoms with E-state index in [4.69, 9.17) is 4.74 Å². The molecule has 0 aliphatic heterocycles. The third kappa shape index (κ3) is 2.61. The number of alkyl halides is 3. The topological polar surface area (TPSA) is 29.5 Å². The number of rotatable bonds is 4. The Hall–Kier alpha value is -1.49. The summed E-state index contributed by atoms with van der Waals surface area (Å²) in [6.07, 6.45) is -4.31. The van der Waals surface area contributed by atoms with Gasteiger partial charge in [0, 0.05) is 6.42 Å². The summed E-state index contributed by atoms with van der Waals surface area (Å²) in [5.74, 6) is 0.428. The maximum absolute atomic E-state index is 12.8. The van der Waals surface area contributed by atoms with Gasteiger partial charge in [-0.3, -0.25) is 0 Å². The summed E-state index contributed by atoms with van der Waals surface area (Å²) in [7, 11) is 1.41. The van der Waals surface area contributed by atoms with Crippen molar-refractivity contribution in [3.63, 3.8) is 0 Å². The zero-order chi connectivity index (χ0) is 13.1. The second-order valence-electron chi connectivity index (χ2n) is 3.58. The molecule has 0 fully saturated rings. The zero-order valence-corrected chi connectivity index (χ0v) is 9.29. The second-order valence-corrected chi connectivity index (χ2v) is 3.58. The Morgan fingerprint density at radius 1 is 1.29 bits per heavy atom. The molecule has 0 heterocycles. The molecule has 0 saturated carbocycles. The van der Waals surface area contributed by atoms with E-state index in [0.29, 0.717) is 5.75 Å². The van der Waals surface area contributed by atoms with Crippen LogP contribution in [0.4, 0.5) is 13.2 Å². The molecule has 1 aromatic rings. The lowest BCUT2D eigenvalue weighted by molar-refractivity contribution is -0.265. The van der Waals surface area contributed by atoms with Gasteiger partial charge < -0.3 is 9.84 Å². The number of halogens is 3. The number of aliphatic hydroxyl groups is 1. The van der Waals surface area contributed by atoms with E-state index in [2.05, 4.69) is 6.58 Å². The molecule has 0 saturated heterocycles. The van der Waals surface area contributed by atoms with Crippen LogP contribution in [0.3, 0.4) is 0 Å². The van der Waals surface area contributed by atoms with Crippen molar-refractivity contribution in [1.29, 1.82) is 0 Å². The van der Waals surface area contributed by atoms with Gasteiger partial charge in [-0.2, -0.15) is 13.2 Å². The first-order valence-electron chi connectivity index (χ1n) is 4.89. The van der Waals surface area contributed by atoms with Gasteiger partial charge in [0.25, 0.3) is 0 Å². The van der Waals surface area contributed by atoms with Gasteiger partial charge in [0.1, 0.15) is 5.75 Å². The minimum absolute atomic E-state index is 0.231. The first kappa shape index (κ1) is 13.6. The molecular formula is C12H13F3O2. The average molecular weight is 246 g/mol. The van der Waals surface area contributed by atoms with Crippen LogP contribution < -0.4 is 4.74 Å². The number of hydrogen-bond acceptors (Lipinski definition) is 2. The summed E-state index contributed by atoms with van der Waals surface area (Å²) in [5.41, 5.74) is -3.13. The summed E-state index contributed by atoms with van der Waals surface area (Å²) in [4.78, 5) is 0. The van der Waals surface area contributed by atoms with Gasteiger partial charge in [-0.05, 0) is 17.7 Å².